The summed E-state index contributed by atoms with van der Waals surface area (Å²) in [5.74, 6) is -0.318. The first-order valence-electron chi connectivity index (χ1n) is 7.24. The quantitative estimate of drug-likeness (QED) is 0.747. The van der Waals surface area contributed by atoms with Gasteiger partial charge in [-0.2, -0.15) is 0 Å². The van der Waals surface area contributed by atoms with Crippen LogP contribution in [0.4, 0.5) is 4.79 Å². The monoisotopic (exact) mass is 309 g/mol. The number of aliphatic carboxylic acids is 1. The molecule has 1 amide bonds. The van der Waals surface area contributed by atoms with Gasteiger partial charge in [0.05, 0.1) is 13.7 Å². The Kier molecular flexibility index (Phi) is 7.22. The molecule has 0 aliphatic heterocycles. The Bertz CT molecular complexity index is 486. The van der Waals surface area contributed by atoms with Crippen LogP contribution >= 0.6 is 0 Å². The molecule has 0 heterocycles. The first kappa shape index (κ1) is 17.8. The smallest absolute Gasteiger partial charge is 0.409 e. The van der Waals surface area contributed by atoms with Gasteiger partial charge >= 0.3 is 12.1 Å². The van der Waals surface area contributed by atoms with Crippen molar-refractivity contribution in [1.29, 1.82) is 0 Å². The highest BCUT2D eigenvalue weighted by Gasteiger charge is 2.27. The van der Waals surface area contributed by atoms with Crippen LogP contribution in [0.25, 0.3) is 0 Å². The predicted molar refractivity (Wildman–Crippen MR) is 82.1 cm³/mol. The molecule has 0 fully saturated rings. The number of hydrogen-bond acceptors (Lipinski definition) is 4. The van der Waals surface area contributed by atoms with E-state index in [0.717, 1.165) is 29.1 Å². The summed E-state index contributed by atoms with van der Waals surface area (Å²) in [6.45, 7) is 2.76. The summed E-state index contributed by atoms with van der Waals surface area (Å²) < 4.78 is 10.1. The molecule has 1 rings (SSSR count). The summed E-state index contributed by atoms with van der Waals surface area (Å²) in [5.41, 5.74) is 0.811. The van der Waals surface area contributed by atoms with E-state index in [0.29, 0.717) is 6.61 Å². The molecule has 1 atom stereocenters. The van der Waals surface area contributed by atoms with Crippen LogP contribution in [0.15, 0.2) is 24.3 Å². The molecule has 0 aliphatic rings. The second-order valence-corrected chi connectivity index (χ2v) is 4.99. The van der Waals surface area contributed by atoms with Crippen LogP contribution in [-0.2, 0) is 16.0 Å². The average molecular weight is 309 g/mol. The van der Waals surface area contributed by atoms with E-state index in [1.807, 2.05) is 24.3 Å². The van der Waals surface area contributed by atoms with Gasteiger partial charge in [0, 0.05) is 13.5 Å². The lowest BCUT2D eigenvalue weighted by molar-refractivity contribution is -0.142. The van der Waals surface area contributed by atoms with E-state index >= 15 is 0 Å². The topological polar surface area (TPSA) is 76.1 Å². The van der Waals surface area contributed by atoms with Gasteiger partial charge in [-0.1, -0.05) is 25.5 Å². The molecule has 0 aliphatic carbocycles. The van der Waals surface area contributed by atoms with Crippen LogP contribution in [0.5, 0.6) is 5.75 Å². The van der Waals surface area contributed by atoms with Gasteiger partial charge in [0.25, 0.3) is 0 Å². The minimum atomic E-state index is -1.07. The number of hydrogen-bond donors (Lipinski definition) is 1. The fourth-order valence-corrected chi connectivity index (χ4v) is 1.94. The number of carbonyl (C=O) groups is 2. The molecule has 1 aromatic rings. The molecular formula is C16H23NO5. The molecule has 1 aromatic carbocycles. The fraction of sp³-hybridized carbons (Fsp3) is 0.500. The highest BCUT2D eigenvalue weighted by Crippen LogP contribution is 2.15. The molecule has 1 N–H and O–H groups in total. The van der Waals surface area contributed by atoms with Crippen LogP contribution in [0.3, 0.4) is 0 Å². The Balaban J connectivity index is 2.70. The van der Waals surface area contributed by atoms with Gasteiger partial charge in [0.15, 0.2) is 0 Å². The third kappa shape index (κ3) is 5.27. The maximum atomic E-state index is 11.5. The van der Waals surface area contributed by atoms with Crippen molar-refractivity contribution in [3.05, 3.63) is 29.8 Å². The molecule has 22 heavy (non-hydrogen) atoms. The molecule has 0 aromatic heterocycles. The summed E-state index contributed by atoms with van der Waals surface area (Å²) in [4.78, 5) is 23.9. The third-order valence-corrected chi connectivity index (χ3v) is 3.33. The fourth-order valence-electron chi connectivity index (χ4n) is 1.94. The summed E-state index contributed by atoms with van der Waals surface area (Å²) in [6.07, 6.45) is 1.59. The maximum Gasteiger partial charge on any atom is 0.409 e. The van der Waals surface area contributed by atoms with Crippen LogP contribution in [-0.4, -0.2) is 48.9 Å². The van der Waals surface area contributed by atoms with Crippen LogP contribution in [0.2, 0.25) is 0 Å². The van der Waals surface area contributed by atoms with Crippen molar-refractivity contribution in [3.8, 4) is 5.75 Å². The van der Waals surface area contributed by atoms with Gasteiger partial charge in [-0.25, -0.2) is 9.59 Å². The van der Waals surface area contributed by atoms with Crippen molar-refractivity contribution in [2.24, 2.45) is 0 Å². The van der Waals surface area contributed by atoms with E-state index in [9.17, 15) is 14.7 Å². The number of carboxylic acids is 1. The van der Waals surface area contributed by atoms with Crippen molar-refractivity contribution >= 4 is 12.1 Å². The van der Waals surface area contributed by atoms with Crippen molar-refractivity contribution < 1.29 is 24.2 Å². The molecule has 6 heteroatoms. The van der Waals surface area contributed by atoms with E-state index < -0.39 is 18.1 Å². The lowest BCUT2D eigenvalue weighted by Gasteiger charge is -2.23. The number of likely N-dealkylation sites (N-methyl/N-ethyl adjacent to an activating group) is 1. The SMILES string of the molecule is CCCCOc1ccc(C[C@@H](C(=O)O)N(C)C(=O)OC)cc1. The molecule has 0 saturated heterocycles. The zero-order chi connectivity index (χ0) is 16.5. The van der Waals surface area contributed by atoms with Gasteiger partial charge in [-0.3, -0.25) is 4.90 Å². The normalized spacial score (nSPS) is 11.6. The van der Waals surface area contributed by atoms with Gasteiger partial charge < -0.3 is 14.6 Å². The first-order valence-corrected chi connectivity index (χ1v) is 7.24. The standard InChI is InChI=1S/C16H23NO5/c1-4-5-10-22-13-8-6-12(7-9-13)11-14(15(18)19)17(2)16(20)21-3/h6-9,14H,4-5,10-11H2,1-3H3,(H,18,19)/t14-/m0/s1. The largest absolute Gasteiger partial charge is 0.494 e. The highest BCUT2D eigenvalue weighted by molar-refractivity contribution is 5.80. The molecular weight excluding hydrogens is 286 g/mol. The number of ether oxygens (including phenoxy) is 2. The number of rotatable bonds is 8. The van der Waals surface area contributed by atoms with E-state index in [2.05, 4.69) is 11.7 Å². The number of methoxy groups -OCH3 is 1. The predicted octanol–water partition coefficient (Wildman–Crippen LogP) is 2.56. The van der Waals surface area contributed by atoms with Crippen molar-refractivity contribution in [1.82, 2.24) is 4.90 Å². The van der Waals surface area contributed by atoms with Gasteiger partial charge in [-0.05, 0) is 24.1 Å². The summed E-state index contributed by atoms with van der Waals surface area (Å²) >= 11 is 0. The van der Waals surface area contributed by atoms with Crippen molar-refractivity contribution in [3.63, 3.8) is 0 Å². The summed E-state index contributed by atoms with van der Waals surface area (Å²) in [6, 6.07) is 6.26. The number of amides is 1. The van der Waals surface area contributed by atoms with E-state index in [-0.39, 0.29) is 6.42 Å². The zero-order valence-electron chi connectivity index (χ0n) is 13.2. The Hall–Kier alpha value is -2.24. The Labute approximate surface area is 130 Å². The molecule has 0 spiro atoms. The van der Waals surface area contributed by atoms with Crippen LogP contribution < -0.4 is 4.74 Å². The van der Waals surface area contributed by atoms with Crippen LogP contribution in [0, 0.1) is 0 Å². The number of carboxylic acid groups (broad SMARTS) is 1. The third-order valence-electron chi connectivity index (χ3n) is 3.33. The van der Waals surface area contributed by atoms with Crippen molar-refractivity contribution in [2.45, 2.75) is 32.2 Å². The van der Waals surface area contributed by atoms with Gasteiger partial charge in [0.2, 0.25) is 0 Å². The van der Waals surface area contributed by atoms with Gasteiger partial charge in [0.1, 0.15) is 11.8 Å². The zero-order valence-corrected chi connectivity index (χ0v) is 13.2. The summed E-state index contributed by atoms with van der Waals surface area (Å²) in [7, 11) is 2.63. The molecule has 6 nitrogen and oxygen atoms in total. The summed E-state index contributed by atoms with van der Waals surface area (Å²) in [5, 5.41) is 9.27. The Morgan fingerprint density at radius 3 is 2.41 bits per heavy atom. The second kappa shape index (κ2) is 8.92. The molecule has 0 unspecified atom stereocenters. The van der Waals surface area contributed by atoms with E-state index in [4.69, 9.17) is 4.74 Å². The Morgan fingerprint density at radius 2 is 1.91 bits per heavy atom. The Morgan fingerprint density at radius 1 is 1.27 bits per heavy atom. The minimum absolute atomic E-state index is 0.205. The van der Waals surface area contributed by atoms with E-state index in [1.165, 1.54) is 14.2 Å². The maximum absolute atomic E-state index is 11.5. The number of nitrogens with zero attached hydrogens (tertiary/aromatic N) is 1. The number of carbonyl (C=O) groups excluding carboxylic acids is 1. The highest BCUT2D eigenvalue weighted by atomic mass is 16.5. The van der Waals surface area contributed by atoms with Crippen molar-refractivity contribution in [2.75, 3.05) is 20.8 Å². The number of benzene rings is 1. The first-order chi connectivity index (χ1) is 10.5. The molecule has 0 radical (unpaired) electrons. The van der Waals surface area contributed by atoms with Crippen LogP contribution in [0.1, 0.15) is 25.3 Å². The minimum Gasteiger partial charge on any atom is -0.494 e. The lowest BCUT2D eigenvalue weighted by atomic mass is 10.1. The van der Waals surface area contributed by atoms with E-state index in [1.54, 1.807) is 0 Å². The van der Waals surface area contributed by atoms with Gasteiger partial charge in [-0.15, -0.1) is 0 Å². The molecule has 122 valence electrons. The lowest BCUT2D eigenvalue weighted by Crippen LogP contribution is -2.43. The molecule has 0 bridgehead atoms. The average Bonchev–Trinajstić information content (AvgIpc) is 2.52. The number of unbranched alkanes of at least 4 members (excludes halogenated alkanes) is 1. The second-order valence-electron chi connectivity index (χ2n) is 4.99. The molecule has 0 saturated carbocycles.